The fourth-order valence-corrected chi connectivity index (χ4v) is 6.60. The second-order valence-electron chi connectivity index (χ2n) is 9.50. The Labute approximate surface area is 198 Å². The van der Waals surface area contributed by atoms with Crippen molar-refractivity contribution in [2.75, 3.05) is 26.7 Å². The Bertz CT molecular complexity index is 956. The second-order valence-corrected chi connectivity index (χ2v) is 11.4. The van der Waals surface area contributed by atoms with Crippen molar-refractivity contribution in [1.82, 2.24) is 9.21 Å². The maximum absolute atomic E-state index is 13.5. The molecule has 184 valence electrons. The van der Waals surface area contributed by atoms with Crippen LogP contribution in [0.5, 0.6) is 5.75 Å². The van der Waals surface area contributed by atoms with E-state index in [2.05, 4.69) is 0 Å². The zero-order valence-electron chi connectivity index (χ0n) is 20.2. The third-order valence-corrected chi connectivity index (χ3v) is 8.85. The minimum atomic E-state index is -3.86. The molecule has 1 fully saturated rings. The summed E-state index contributed by atoms with van der Waals surface area (Å²) in [5, 5.41) is 9.76. The molecule has 1 aliphatic heterocycles. The topological polar surface area (TPSA) is 87.2 Å². The molecule has 1 amide bonds. The van der Waals surface area contributed by atoms with Crippen LogP contribution in [-0.2, 0) is 14.8 Å². The van der Waals surface area contributed by atoms with Gasteiger partial charge in [-0.25, -0.2) is 8.42 Å². The molecule has 33 heavy (non-hydrogen) atoms. The van der Waals surface area contributed by atoms with Crippen molar-refractivity contribution in [2.45, 2.75) is 69.9 Å². The van der Waals surface area contributed by atoms with Crippen LogP contribution >= 0.6 is 0 Å². The van der Waals surface area contributed by atoms with Gasteiger partial charge in [0, 0.05) is 31.5 Å². The van der Waals surface area contributed by atoms with E-state index in [9.17, 15) is 18.3 Å². The number of amides is 1. The molecule has 0 radical (unpaired) electrons. The number of benzene rings is 1. The molecule has 8 heteroatoms. The van der Waals surface area contributed by atoms with Crippen molar-refractivity contribution in [1.29, 1.82) is 0 Å². The molecule has 1 aliphatic carbocycles. The lowest BCUT2D eigenvalue weighted by Crippen LogP contribution is -2.50. The van der Waals surface area contributed by atoms with Crippen LogP contribution in [0.4, 0.5) is 0 Å². The number of hydrogen-bond donors (Lipinski definition) is 1. The third kappa shape index (κ3) is 5.78. The standard InChI is InChI=1S/C25H38N2O5S/c1-5-9-20-12-13-24-22(14-20)32-23(16-26(4)25(29)21-10-7-6-8-11-21)18(2)15-27(19(3)17-28)33(24,30)31/h5,9,12-14,18-19,21,23,28H,6-8,10-11,15-17H2,1-4H3/t18-,19+,23-/m0/s1. The smallest absolute Gasteiger partial charge is 0.247 e. The lowest BCUT2D eigenvalue weighted by Gasteiger charge is -2.38. The van der Waals surface area contributed by atoms with E-state index >= 15 is 0 Å². The van der Waals surface area contributed by atoms with Gasteiger partial charge in [-0.15, -0.1) is 0 Å². The molecule has 0 unspecified atom stereocenters. The van der Waals surface area contributed by atoms with Crippen LogP contribution in [0.25, 0.3) is 6.08 Å². The highest BCUT2D eigenvalue weighted by Gasteiger charge is 2.38. The first-order valence-corrected chi connectivity index (χ1v) is 13.4. The van der Waals surface area contributed by atoms with E-state index in [0.29, 0.717) is 6.54 Å². The number of aliphatic hydroxyl groups is 1. The number of carbonyl (C=O) groups is 1. The molecule has 0 aromatic heterocycles. The van der Waals surface area contributed by atoms with Gasteiger partial charge in [0.05, 0.1) is 13.2 Å². The lowest BCUT2D eigenvalue weighted by atomic mass is 9.88. The van der Waals surface area contributed by atoms with Crippen molar-refractivity contribution < 1.29 is 23.1 Å². The first-order valence-electron chi connectivity index (χ1n) is 12.0. The number of fused-ring (bicyclic) bond motifs is 1. The van der Waals surface area contributed by atoms with Crippen molar-refractivity contribution >= 4 is 22.0 Å². The molecule has 0 bridgehead atoms. The fraction of sp³-hybridized carbons (Fsp3) is 0.640. The van der Waals surface area contributed by atoms with Crippen LogP contribution in [0.15, 0.2) is 29.2 Å². The molecule has 1 heterocycles. The summed E-state index contributed by atoms with van der Waals surface area (Å²) < 4.78 is 34.7. The first-order chi connectivity index (χ1) is 15.7. The molecule has 1 N–H and O–H groups in total. The Balaban J connectivity index is 1.95. The van der Waals surface area contributed by atoms with Crippen LogP contribution in [0.1, 0.15) is 58.4 Å². The Morgan fingerprint density at radius 2 is 2.00 bits per heavy atom. The van der Waals surface area contributed by atoms with Crippen LogP contribution in [0, 0.1) is 11.8 Å². The Hall–Kier alpha value is -1.90. The quantitative estimate of drug-likeness (QED) is 0.676. The van der Waals surface area contributed by atoms with Gasteiger partial charge >= 0.3 is 0 Å². The molecule has 1 aromatic rings. The van der Waals surface area contributed by atoms with Crippen LogP contribution in [0.2, 0.25) is 0 Å². The van der Waals surface area contributed by atoms with E-state index in [1.54, 1.807) is 30.0 Å². The summed E-state index contributed by atoms with van der Waals surface area (Å²) in [5.74, 6) is 0.306. The summed E-state index contributed by atoms with van der Waals surface area (Å²) >= 11 is 0. The van der Waals surface area contributed by atoms with Gasteiger partial charge in [0.15, 0.2) is 0 Å². The maximum Gasteiger partial charge on any atom is 0.247 e. The summed E-state index contributed by atoms with van der Waals surface area (Å²) in [6.07, 6.45) is 8.62. The van der Waals surface area contributed by atoms with Crippen molar-refractivity contribution in [3.05, 3.63) is 29.8 Å². The number of sulfonamides is 1. The van der Waals surface area contributed by atoms with Gasteiger partial charge in [0.2, 0.25) is 15.9 Å². The number of aliphatic hydroxyl groups excluding tert-OH is 1. The van der Waals surface area contributed by atoms with Gasteiger partial charge in [0.1, 0.15) is 16.7 Å². The second kappa shape index (κ2) is 11.0. The largest absolute Gasteiger partial charge is 0.487 e. The zero-order valence-corrected chi connectivity index (χ0v) is 21.1. The third-order valence-electron chi connectivity index (χ3n) is 6.83. The summed E-state index contributed by atoms with van der Waals surface area (Å²) in [7, 11) is -2.05. The van der Waals surface area contributed by atoms with E-state index in [0.717, 1.165) is 31.2 Å². The number of rotatable bonds is 6. The first kappa shape index (κ1) is 25.7. The number of likely N-dealkylation sites (N-methyl/N-ethyl adjacent to an activating group) is 1. The van der Waals surface area contributed by atoms with Gasteiger partial charge in [-0.1, -0.05) is 44.4 Å². The van der Waals surface area contributed by atoms with Gasteiger partial charge in [-0.05, 0) is 44.4 Å². The number of ether oxygens (including phenoxy) is 1. The monoisotopic (exact) mass is 478 g/mol. The fourth-order valence-electron chi connectivity index (χ4n) is 4.78. The van der Waals surface area contributed by atoms with Gasteiger partial charge in [0.25, 0.3) is 0 Å². The molecule has 3 atom stereocenters. The highest BCUT2D eigenvalue weighted by atomic mass is 32.2. The van der Waals surface area contributed by atoms with E-state index in [1.807, 2.05) is 33.0 Å². The highest BCUT2D eigenvalue weighted by molar-refractivity contribution is 7.89. The number of nitrogens with zero attached hydrogens (tertiary/aromatic N) is 2. The van der Waals surface area contributed by atoms with Gasteiger partial charge in [-0.2, -0.15) is 4.31 Å². The molecule has 2 aliphatic rings. The molecular formula is C25H38N2O5S. The van der Waals surface area contributed by atoms with Crippen LogP contribution < -0.4 is 4.74 Å². The van der Waals surface area contributed by atoms with Crippen LogP contribution in [-0.4, -0.2) is 67.5 Å². The van der Waals surface area contributed by atoms with E-state index in [1.165, 1.54) is 10.7 Å². The van der Waals surface area contributed by atoms with Crippen molar-refractivity contribution in [3.8, 4) is 5.75 Å². The van der Waals surface area contributed by atoms with E-state index in [-0.39, 0.29) is 47.6 Å². The molecule has 0 spiro atoms. The predicted molar refractivity (Wildman–Crippen MR) is 129 cm³/mol. The van der Waals surface area contributed by atoms with Crippen molar-refractivity contribution in [2.24, 2.45) is 11.8 Å². The predicted octanol–water partition coefficient (Wildman–Crippen LogP) is 3.53. The summed E-state index contributed by atoms with van der Waals surface area (Å²) in [4.78, 5) is 14.9. The zero-order chi connectivity index (χ0) is 24.2. The summed E-state index contributed by atoms with van der Waals surface area (Å²) in [5.41, 5.74) is 0.840. The molecular weight excluding hydrogens is 440 g/mol. The number of carbonyl (C=O) groups excluding carboxylic acids is 1. The maximum atomic E-state index is 13.5. The normalized spacial score (nSPS) is 25.0. The van der Waals surface area contributed by atoms with E-state index < -0.39 is 16.1 Å². The molecule has 3 rings (SSSR count). The van der Waals surface area contributed by atoms with Crippen molar-refractivity contribution in [3.63, 3.8) is 0 Å². The number of hydrogen-bond acceptors (Lipinski definition) is 5. The Morgan fingerprint density at radius 3 is 2.64 bits per heavy atom. The Kier molecular flexibility index (Phi) is 8.59. The van der Waals surface area contributed by atoms with Gasteiger partial charge < -0.3 is 14.7 Å². The average Bonchev–Trinajstić information content (AvgIpc) is 2.81. The molecule has 7 nitrogen and oxygen atoms in total. The minimum Gasteiger partial charge on any atom is -0.487 e. The highest BCUT2D eigenvalue weighted by Crippen LogP contribution is 2.35. The van der Waals surface area contributed by atoms with E-state index in [4.69, 9.17) is 4.74 Å². The Morgan fingerprint density at radius 1 is 1.30 bits per heavy atom. The molecule has 1 aromatic carbocycles. The van der Waals surface area contributed by atoms with Gasteiger partial charge in [-0.3, -0.25) is 4.79 Å². The summed E-state index contributed by atoms with van der Waals surface area (Å²) in [6, 6.07) is 4.49. The summed E-state index contributed by atoms with van der Waals surface area (Å²) in [6.45, 7) is 5.85. The minimum absolute atomic E-state index is 0.0625. The molecule has 0 saturated heterocycles. The lowest BCUT2D eigenvalue weighted by molar-refractivity contribution is -0.136. The SMILES string of the molecule is CC=Cc1ccc2c(c1)O[C@@H](CN(C)C(=O)C1CCCCC1)[C@@H](C)CN([C@H](C)CO)S2(=O)=O. The average molecular weight is 479 g/mol. The van der Waals surface area contributed by atoms with Crippen LogP contribution in [0.3, 0.4) is 0 Å². The molecule has 1 saturated carbocycles. The number of allylic oxidation sites excluding steroid dienone is 1.